The van der Waals surface area contributed by atoms with Gasteiger partial charge in [0.1, 0.15) is 0 Å². The molecule has 0 aromatic heterocycles. The van der Waals surface area contributed by atoms with Gasteiger partial charge in [-0.15, -0.1) is 0 Å². The third-order valence-electron chi connectivity index (χ3n) is 4.52. The van der Waals surface area contributed by atoms with Crippen molar-refractivity contribution in [1.82, 2.24) is 42.1 Å². The topological polar surface area (TPSA) is 78.7 Å². The van der Waals surface area contributed by atoms with Crippen LogP contribution < -0.4 is 32.1 Å². The summed E-state index contributed by atoms with van der Waals surface area (Å²) in [5, 5.41) is 19.0. The first-order chi connectivity index (χ1) is 12.0. The first-order valence-corrected chi connectivity index (χ1v) is 9.75. The van der Waals surface area contributed by atoms with Crippen molar-refractivity contribution in [3.05, 3.63) is 0 Å². The van der Waals surface area contributed by atoms with Crippen molar-refractivity contribution in [2.75, 3.05) is 78.8 Å². The minimum absolute atomic E-state index is 0.835. The summed E-state index contributed by atoms with van der Waals surface area (Å²) >= 11 is 0. The molecule has 2 heterocycles. The Bertz CT molecular complexity index is 239. The van der Waals surface area contributed by atoms with Gasteiger partial charge in [-0.3, -0.25) is 5.43 Å². The largest absolute Gasteiger partial charge is 0.315 e. The lowest BCUT2D eigenvalue weighted by atomic mass is 10.2. The number of nitrogens with zero attached hydrogens (tertiary/aromatic N) is 2. The van der Waals surface area contributed by atoms with E-state index in [1.807, 2.05) is 0 Å². The van der Waals surface area contributed by atoms with Gasteiger partial charge in [0.2, 0.25) is 0 Å². The molecule has 0 saturated carbocycles. The van der Waals surface area contributed by atoms with Crippen molar-refractivity contribution in [3.8, 4) is 0 Å². The van der Waals surface area contributed by atoms with Crippen LogP contribution in [0.1, 0.15) is 25.7 Å². The summed E-state index contributed by atoms with van der Waals surface area (Å²) in [6.07, 6.45) is 4.99. The number of rotatable bonds is 1. The van der Waals surface area contributed by atoms with E-state index in [2.05, 4.69) is 42.1 Å². The van der Waals surface area contributed by atoms with Gasteiger partial charge in [0.15, 0.2) is 0 Å². The van der Waals surface area contributed by atoms with Gasteiger partial charge in [-0.25, -0.2) is 15.4 Å². The molecular weight excluding hydrogens is 304 g/mol. The first kappa shape index (κ1) is 20.0. The second-order valence-electron chi connectivity index (χ2n) is 6.54. The van der Waals surface area contributed by atoms with Crippen molar-refractivity contribution in [1.29, 1.82) is 0 Å². The van der Waals surface area contributed by atoms with E-state index in [1.54, 1.807) is 0 Å². The van der Waals surface area contributed by atoms with Crippen LogP contribution in [0.15, 0.2) is 0 Å². The zero-order chi connectivity index (χ0) is 16.7. The Morgan fingerprint density at radius 2 is 1.04 bits per heavy atom. The standard InChI is InChI=1S/C16H38N8/c1-2-5-18-12-14-24(16-22-21-8-3-1)23-13-11-19-7-4-6-17-9-10-20-15-23/h17-22H,1-16H2. The molecule has 8 heteroatoms. The number of hydrogen-bond donors (Lipinski definition) is 6. The van der Waals surface area contributed by atoms with E-state index in [4.69, 9.17) is 0 Å². The van der Waals surface area contributed by atoms with Gasteiger partial charge in [-0.05, 0) is 38.9 Å². The first-order valence-electron chi connectivity index (χ1n) is 9.75. The molecule has 0 radical (unpaired) electrons. The van der Waals surface area contributed by atoms with Gasteiger partial charge < -0.3 is 21.3 Å². The Balaban J connectivity index is 1.82. The van der Waals surface area contributed by atoms with Crippen LogP contribution in [-0.2, 0) is 0 Å². The summed E-state index contributed by atoms with van der Waals surface area (Å²) in [7, 11) is 0. The molecule has 2 aliphatic rings. The van der Waals surface area contributed by atoms with Crippen molar-refractivity contribution in [3.63, 3.8) is 0 Å². The molecule has 2 fully saturated rings. The summed E-state index contributed by atoms with van der Waals surface area (Å²) in [6, 6.07) is 0. The van der Waals surface area contributed by atoms with Crippen LogP contribution in [-0.4, -0.2) is 88.8 Å². The molecule has 0 bridgehead atoms. The maximum Gasteiger partial charge on any atom is 0.0754 e. The van der Waals surface area contributed by atoms with Crippen LogP contribution >= 0.6 is 0 Å². The predicted octanol–water partition coefficient (Wildman–Crippen LogP) is -1.54. The smallest absolute Gasteiger partial charge is 0.0754 e. The van der Waals surface area contributed by atoms with E-state index in [0.717, 1.165) is 78.8 Å². The van der Waals surface area contributed by atoms with Gasteiger partial charge in [0.25, 0.3) is 0 Å². The molecule has 2 saturated heterocycles. The Kier molecular flexibility index (Phi) is 11.6. The van der Waals surface area contributed by atoms with Gasteiger partial charge in [-0.2, -0.15) is 0 Å². The van der Waals surface area contributed by atoms with Gasteiger partial charge in [0.05, 0.1) is 13.3 Å². The molecule has 0 aromatic carbocycles. The SMILES string of the molecule is C1CCNCCN(N2CCNCCCNCCNC2)CNNCC1. The molecule has 0 aliphatic carbocycles. The Morgan fingerprint density at radius 1 is 0.417 bits per heavy atom. The lowest BCUT2D eigenvalue weighted by Crippen LogP contribution is -2.56. The maximum atomic E-state index is 3.58. The predicted molar refractivity (Wildman–Crippen MR) is 99.4 cm³/mol. The molecule has 0 unspecified atom stereocenters. The lowest BCUT2D eigenvalue weighted by Gasteiger charge is -2.36. The zero-order valence-electron chi connectivity index (χ0n) is 15.2. The third-order valence-corrected chi connectivity index (χ3v) is 4.52. The van der Waals surface area contributed by atoms with Crippen LogP contribution in [0.5, 0.6) is 0 Å². The fraction of sp³-hybridized carbons (Fsp3) is 1.00. The highest BCUT2D eigenvalue weighted by atomic mass is 15.7. The summed E-state index contributed by atoms with van der Waals surface area (Å²) < 4.78 is 0. The minimum Gasteiger partial charge on any atom is -0.315 e. The van der Waals surface area contributed by atoms with Gasteiger partial charge in [-0.1, -0.05) is 6.42 Å². The normalized spacial score (nSPS) is 26.5. The fourth-order valence-electron chi connectivity index (χ4n) is 3.03. The Hall–Kier alpha value is -0.320. The molecule has 0 amide bonds. The summed E-state index contributed by atoms with van der Waals surface area (Å²) in [5.74, 6) is 0. The van der Waals surface area contributed by atoms with Crippen LogP contribution in [0.2, 0.25) is 0 Å². The quantitative estimate of drug-likeness (QED) is 0.342. The van der Waals surface area contributed by atoms with Crippen molar-refractivity contribution in [2.45, 2.75) is 25.7 Å². The van der Waals surface area contributed by atoms with E-state index in [0.29, 0.717) is 0 Å². The molecule has 8 nitrogen and oxygen atoms in total. The number of nitrogens with one attached hydrogen (secondary N) is 6. The second kappa shape index (κ2) is 13.9. The monoisotopic (exact) mass is 342 g/mol. The maximum absolute atomic E-state index is 3.58. The van der Waals surface area contributed by atoms with E-state index >= 15 is 0 Å². The highest BCUT2D eigenvalue weighted by Crippen LogP contribution is 1.97. The van der Waals surface area contributed by atoms with E-state index in [1.165, 1.54) is 25.7 Å². The Morgan fingerprint density at radius 3 is 1.88 bits per heavy atom. The molecule has 6 N–H and O–H groups in total. The van der Waals surface area contributed by atoms with Gasteiger partial charge >= 0.3 is 0 Å². The average molecular weight is 343 g/mol. The van der Waals surface area contributed by atoms with E-state index < -0.39 is 0 Å². The summed E-state index contributed by atoms with van der Waals surface area (Å²) in [5.41, 5.74) is 6.74. The minimum atomic E-state index is 0.835. The van der Waals surface area contributed by atoms with Crippen LogP contribution in [0, 0.1) is 0 Å². The third kappa shape index (κ3) is 9.24. The molecule has 0 aromatic rings. The van der Waals surface area contributed by atoms with E-state index in [-0.39, 0.29) is 0 Å². The molecular formula is C16H38N8. The molecule has 24 heavy (non-hydrogen) atoms. The second-order valence-corrected chi connectivity index (χ2v) is 6.54. The van der Waals surface area contributed by atoms with Crippen molar-refractivity contribution in [2.24, 2.45) is 0 Å². The Labute approximate surface area is 147 Å². The summed E-state index contributed by atoms with van der Waals surface area (Å²) in [4.78, 5) is 0. The molecule has 2 aliphatic heterocycles. The molecule has 142 valence electrons. The molecule has 0 spiro atoms. The van der Waals surface area contributed by atoms with Crippen molar-refractivity contribution < 1.29 is 0 Å². The highest BCUT2D eigenvalue weighted by Gasteiger charge is 2.15. The number of hydrogen-bond acceptors (Lipinski definition) is 8. The van der Waals surface area contributed by atoms with E-state index in [9.17, 15) is 0 Å². The van der Waals surface area contributed by atoms with Crippen LogP contribution in [0.4, 0.5) is 0 Å². The summed E-state index contributed by atoms with van der Waals surface area (Å²) in [6.45, 7) is 12.3. The number of hydrazine groups is 2. The zero-order valence-corrected chi connectivity index (χ0v) is 15.2. The van der Waals surface area contributed by atoms with Crippen LogP contribution in [0.25, 0.3) is 0 Å². The van der Waals surface area contributed by atoms with Gasteiger partial charge in [0, 0.05) is 45.8 Å². The molecule has 2 rings (SSSR count). The average Bonchev–Trinajstić information content (AvgIpc) is 2.56. The highest BCUT2D eigenvalue weighted by molar-refractivity contribution is 4.64. The molecule has 0 atom stereocenters. The van der Waals surface area contributed by atoms with Crippen molar-refractivity contribution >= 4 is 0 Å². The van der Waals surface area contributed by atoms with Crippen LogP contribution in [0.3, 0.4) is 0 Å². The fourth-order valence-corrected chi connectivity index (χ4v) is 3.03. The lowest BCUT2D eigenvalue weighted by molar-refractivity contribution is -0.0391.